The van der Waals surface area contributed by atoms with E-state index in [4.69, 9.17) is 20.4 Å². The molecule has 0 aliphatic rings. The fraction of sp³-hybridized carbons (Fsp3) is 0.364. The van der Waals surface area contributed by atoms with Crippen molar-refractivity contribution in [2.45, 2.75) is 20.0 Å². The van der Waals surface area contributed by atoms with Crippen LogP contribution in [0.5, 0.6) is 11.5 Å². The lowest BCUT2D eigenvalue weighted by atomic mass is 10.2. The maximum atomic E-state index is 8.61. The smallest absolute Gasteiger partial charge is 0.170 e. The first kappa shape index (κ1) is 12.2. The number of nitrogens with zero attached hydrogens (tertiary/aromatic N) is 1. The second-order valence-electron chi connectivity index (χ2n) is 3.55. The Morgan fingerprint density at radius 1 is 1.31 bits per heavy atom. The molecule has 0 aliphatic heterocycles. The number of oxime groups is 1. The Kier molecular flexibility index (Phi) is 3.99. The molecule has 0 fully saturated rings. The Morgan fingerprint density at radius 2 is 1.94 bits per heavy atom. The highest BCUT2D eigenvalue weighted by Crippen LogP contribution is 2.23. The molecular formula is C11H16N2O3. The Morgan fingerprint density at radius 3 is 2.44 bits per heavy atom. The van der Waals surface area contributed by atoms with Crippen molar-refractivity contribution in [3.63, 3.8) is 0 Å². The van der Waals surface area contributed by atoms with Gasteiger partial charge in [0.15, 0.2) is 5.84 Å². The van der Waals surface area contributed by atoms with Crippen LogP contribution < -0.4 is 15.2 Å². The summed E-state index contributed by atoms with van der Waals surface area (Å²) in [6, 6.07) is 5.11. The fourth-order valence-electron chi connectivity index (χ4n) is 1.24. The lowest BCUT2D eigenvalue weighted by molar-refractivity contribution is 0.241. The minimum atomic E-state index is 0.0208. The van der Waals surface area contributed by atoms with Gasteiger partial charge in [0.1, 0.15) is 11.5 Å². The highest BCUT2D eigenvalue weighted by atomic mass is 16.5. The zero-order valence-electron chi connectivity index (χ0n) is 9.60. The lowest BCUT2D eigenvalue weighted by Gasteiger charge is -2.12. The molecule has 0 aliphatic carbocycles. The summed E-state index contributed by atoms with van der Waals surface area (Å²) in [5, 5.41) is 11.5. The lowest BCUT2D eigenvalue weighted by Crippen LogP contribution is -2.14. The Hall–Kier alpha value is -1.91. The molecule has 0 amide bonds. The number of hydrogen-bond donors (Lipinski definition) is 2. The number of benzene rings is 1. The summed E-state index contributed by atoms with van der Waals surface area (Å²) in [6.45, 7) is 3.84. The van der Waals surface area contributed by atoms with E-state index in [-0.39, 0.29) is 11.9 Å². The van der Waals surface area contributed by atoms with Gasteiger partial charge in [-0.2, -0.15) is 0 Å². The van der Waals surface area contributed by atoms with Crippen LogP contribution >= 0.6 is 0 Å². The van der Waals surface area contributed by atoms with E-state index in [2.05, 4.69) is 5.16 Å². The summed E-state index contributed by atoms with van der Waals surface area (Å²) in [5.41, 5.74) is 6.06. The van der Waals surface area contributed by atoms with E-state index < -0.39 is 0 Å². The average molecular weight is 224 g/mol. The second kappa shape index (κ2) is 5.25. The van der Waals surface area contributed by atoms with Crippen molar-refractivity contribution in [1.82, 2.24) is 0 Å². The molecule has 5 heteroatoms. The van der Waals surface area contributed by atoms with Crippen LogP contribution in [-0.2, 0) is 0 Å². The van der Waals surface area contributed by atoms with Gasteiger partial charge in [-0.3, -0.25) is 0 Å². The minimum absolute atomic E-state index is 0.0208. The molecule has 88 valence electrons. The standard InChI is InChI=1S/C11H16N2O3/c1-7(2)16-10-5-8(11(12)13-14)4-9(6-10)15-3/h4-7,14H,1-3H3,(H2,12,13). The topological polar surface area (TPSA) is 77.1 Å². The highest BCUT2D eigenvalue weighted by Gasteiger charge is 2.07. The second-order valence-corrected chi connectivity index (χ2v) is 3.55. The molecule has 0 heterocycles. The van der Waals surface area contributed by atoms with Gasteiger partial charge in [0.2, 0.25) is 0 Å². The van der Waals surface area contributed by atoms with Crippen LogP contribution in [0.3, 0.4) is 0 Å². The van der Waals surface area contributed by atoms with Crippen LogP contribution in [0.2, 0.25) is 0 Å². The zero-order chi connectivity index (χ0) is 12.1. The van der Waals surface area contributed by atoms with Crippen molar-refractivity contribution in [1.29, 1.82) is 0 Å². The molecule has 0 unspecified atom stereocenters. The van der Waals surface area contributed by atoms with Gasteiger partial charge < -0.3 is 20.4 Å². The first-order valence-corrected chi connectivity index (χ1v) is 4.90. The molecule has 0 saturated heterocycles. The van der Waals surface area contributed by atoms with Gasteiger partial charge >= 0.3 is 0 Å². The van der Waals surface area contributed by atoms with Crippen LogP contribution in [0.25, 0.3) is 0 Å². The summed E-state index contributed by atoms with van der Waals surface area (Å²) in [6.07, 6.45) is 0.0484. The van der Waals surface area contributed by atoms with Gasteiger partial charge in [-0.15, -0.1) is 0 Å². The van der Waals surface area contributed by atoms with Gasteiger partial charge in [-0.05, 0) is 26.0 Å². The van der Waals surface area contributed by atoms with E-state index in [1.807, 2.05) is 13.8 Å². The molecule has 0 atom stereocenters. The molecule has 0 saturated carbocycles. The van der Waals surface area contributed by atoms with Gasteiger partial charge in [-0.25, -0.2) is 0 Å². The molecule has 0 radical (unpaired) electrons. The number of hydrogen-bond acceptors (Lipinski definition) is 4. The third kappa shape index (κ3) is 3.05. The first-order valence-electron chi connectivity index (χ1n) is 4.90. The van der Waals surface area contributed by atoms with Crippen LogP contribution in [0.15, 0.2) is 23.4 Å². The Bertz CT molecular complexity index is 389. The van der Waals surface area contributed by atoms with Crippen molar-refractivity contribution >= 4 is 5.84 Å². The number of amidine groups is 1. The van der Waals surface area contributed by atoms with E-state index in [0.717, 1.165) is 0 Å². The van der Waals surface area contributed by atoms with E-state index in [1.165, 1.54) is 0 Å². The van der Waals surface area contributed by atoms with Gasteiger partial charge in [0.25, 0.3) is 0 Å². The van der Waals surface area contributed by atoms with E-state index in [1.54, 1.807) is 25.3 Å². The van der Waals surface area contributed by atoms with E-state index in [9.17, 15) is 0 Å². The molecule has 5 nitrogen and oxygen atoms in total. The van der Waals surface area contributed by atoms with Crippen LogP contribution in [0, 0.1) is 0 Å². The molecular weight excluding hydrogens is 208 g/mol. The summed E-state index contributed by atoms with van der Waals surface area (Å²) in [4.78, 5) is 0. The van der Waals surface area contributed by atoms with Crippen molar-refractivity contribution < 1.29 is 14.7 Å². The predicted molar refractivity (Wildman–Crippen MR) is 61.3 cm³/mol. The van der Waals surface area contributed by atoms with Crippen molar-refractivity contribution in [3.05, 3.63) is 23.8 Å². The molecule has 0 spiro atoms. The van der Waals surface area contributed by atoms with Gasteiger partial charge in [0, 0.05) is 11.6 Å². The van der Waals surface area contributed by atoms with Gasteiger partial charge in [0.05, 0.1) is 13.2 Å². The van der Waals surface area contributed by atoms with Crippen molar-refractivity contribution in [3.8, 4) is 11.5 Å². The molecule has 0 aromatic heterocycles. The third-order valence-electron chi connectivity index (χ3n) is 1.89. The fourth-order valence-corrected chi connectivity index (χ4v) is 1.24. The molecule has 1 aromatic rings. The number of rotatable bonds is 4. The van der Waals surface area contributed by atoms with Crippen LogP contribution in [0.4, 0.5) is 0 Å². The number of ether oxygens (including phenoxy) is 2. The Balaban J connectivity index is 3.10. The third-order valence-corrected chi connectivity index (χ3v) is 1.89. The molecule has 3 N–H and O–H groups in total. The number of methoxy groups -OCH3 is 1. The molecule has 0 bridgehead atoms. The maximum Gasteiger partial charge on any atom is 0.170 e. The highest BCUT2D eigenvalue weighted by molar-refractivity contribution is 5.97. The van der Waals surface area contributed by atoms with Crippen LogP contribution in [-0.4, -0.2) is 24.3 Å². The summed E-state index contributed by atoms with van der Waals surface area (Å²) in [7, 11) is 1.55. The monoisotopic (exact) mass is 224 g/mol. The average Bonchev–Trinajstić information content (AvgIpc) is 2.26. The van der Waals surface area contributed by atoms with Crippen LogP contribution in [0.1, 0.15) is 19.4 Å². The normalized spacial score (nSPS) is 11.6. The zero-order valence-corrected chi connectivity index (χ0v) is 9.60. The SMILES string of the molecule is COc1cc(OC(C)C)cc(/C(N)=N/O)c1. The molecule has 1 aromatic carbocycles. The summed E-state index contributed by atoms with van der Waals surface area (Å²) >= 11 is 0. The van der Waals surface area contributed by atoms with Crippen molar-refractivity contribution in [2.24, 2.45) is 10.9 Å². The minimum Gasteiger partial charge on any atom is -0.497 e. The van der Waals surface area contributed by atoms with E-state index >= 15 is 0 Å². The Labute approximate surface area is 94.5 Å². The summed E-state index contributed by atoms with van der Waals surface area (Å²) in [5.74, 6) is 1.24. The molecule has 16 heavy (non-hydrogen) atoms. The molecule has 1 rings (SSSR count). The van der Waals surface area contributed by atoms with Crippen molar-refractivity contribution in [2.75, 3.05) is 7.11 Å². The summed E-state index contributed by atoms with van der Waals surface area (Å²) < 4.78 is 10.6. The first-order chi connectivity index (χ1) is 7.56. The largest absolute Gasteiger partial charge is 0.497 e. The predicted octanol–water partition coefficient (Wildman–Crippen LogP) is 1.58. The maximum absolute atomic E-state index is 8.61. The number of nitrogens with two attached hydrogens (primary N) is 1. The quantitative estimate of drug-likeness (QED) is 0.352. The van der Waals surface area contributed by atoms with Gasteiger partial charge in [-0.1, -0.05) is 5.16 Å². The van der Waals surface area contributed by atoms with E-state index in [0.29, 0.717) is 17.1 Å².